The van der Waals surface area contributed by atoms with Gasteiger partial charge in [0.2, 0.25) is 0 Å². The Kier molecular flexibility index (Phi) is 10.4. The predicted molar refractivity (Wildman–Crippen MR) is 145 cm³/mol. The average Bonchev–Trinajstić information content (AvgIpc) is 3.60. The molecule has 2 N–H and O–H groups in total. The zero-order valence-electron chi connectivity index (χ0n) is 22.2. The van der Waals surface area contributed by atoms with Crippen molar-refractivity contribution in [3.05, 3.63) is 40.4 Å². The van der Waals surface area contributed by atoms with Crippen LogP contribution in [0.4, 0.5) is 10.8 Å². The van der Waals surface area contributed by atoms with Crippen LogP contribution >= 0.6 is 11.3 Å². The van der Waals surface area contributed by atoms with Gasteiger partial charge in [-0.25, -0.2) is 4.98 Å². The van der Waals surface area contributed by atoms with E-state index >= 15 is 0 Å². The first-order valence-corrected chi connectivity index (χ1v) is 13.7. The summed E-state index contributed by atoms with van der Waals surface area (Å²) in [4.78, 5) is 35.1. The Morgan fingerprint density at radius 3 is 2.79 bits per heavy atom. The Bertz CT molecular complexity index is 1080. The molecule has 2 fully saturated rings. The number of ether oxygens (including phenoxy) is 4. The summed E-state index contributed by atoms with van der Waals surface area (Å²) in [6, 6.07) is 5.55. The lowest BCUT2D eigenvalue weighted by molar-refractivity contribution is -0.0631. The summed E-state index contributed by atoms with van der Waals surface area (Å²) in [5.41, 5.74) is 2.11. The van der Waals surface area contributed by atoms with Gasteiger partial charge >= 0.3 is 0 Å². The van der Waals surface area contributed by atoms with Gasteiger partial charge in [-0.3, -0.25) is 14.5 Å². The molecule has 12 heteroatoms. The Morgan fingerprint density at radius 2 is 2.03 bits per heavy atom. The molecular weight excluding hydrogens is 510 g/mol. The highest BCUT2D eigenvalue weighted by Gasteiger charge is 2.26. The number of nitrogens with zero attached hydrogens (tertiary/aromatic N) is 3. The number of carbonyl (C=O) groups excluding carboxylic acids is 2. The lowest BCUT2D eigenvalue weighted by Crippen LogP contribution is -2.43. The van der Waals surface area contributed by atoms with E-state index in [2.05, 4.69) is 25.4 Å². The molecule has 2 aromatic rings. The Labute approximate surface area is 227 Å². The van der Waals surface area contributed by atoms with Gasteiger partial charge in [0.15, 0.2) is 5.13 Å². The van der Waals surface area contributed by atoms with Crippen molar-refractivity contribution < 1.29 is 28.5 Å². The maximum Gasteiger partial charge on any atom is 0.275 e. The molecule has 0 aliphatic carbocycles. The number of morpholine rings is 1. The number of benzene rings is 1. The predicted octanol–water partition coefficient (Wildman–Crippen LogP) is 1.84. The fraction of sp³-hybridized carbons (Fsp3) is 0.577. The quantitative estimate of drug-likeness (QED) is 0.384. The second kappa shape index (κ2) is 14.0. The van der Waals surface area contributed by atoms with Gasteiger partial charge in [-0.1, -0.05) is 6.07 Å². The molecular formula is C26H37N5O6S. The summed E-state index contributed by atoms with van der Waals surface area (Å²) in [6.07, 6.45) is 1.13. The molecule has 38 heavy (non-hydrogen) atoms. The second-order valence-electron chi connectivity index (χ2n) is 9.37. The minimum Gasteiger partial charge on any atom is -0.383 e. The van der Waals surface area contributed by atoms with Crippen molar-refractivity contribution in [3.63, 3.8) is 0 Å². The number of amides is 2. The molecule has 2 saturated heterocycles. The number of hydrogen-bond acceptors (Lipinski definition) is 10. The van der Waals surface area contributed by atoms with Gasteiger partial charge in [-0.2, -0.15) is 0 Å². The third-order valence-electron chi connectivity index (χ3n) is 6.62. The van der Waals surface area contributed by atoms with Gasteiger partial charge in [0.05, 0.1) is 43.3 Å². The van der Waals surface area contributed by atoms with E-state index in [-0.39, 0.29) is 24.0 Å². The maximum atomic E-state index is 13.1. The third-order valence-corrected chi connectivity index (χ3v) is 7.53. The molecule has 2 amide bonds. The van der Waals surface area contributed by atoms with E-state index in [0.717, 1.165) is 43.3 Å². The van der Waals surface area contributed by atoms with Crippen LogP contribution in [0.5, 0.6) is 0 Å². The van der Waals surface area contributed by atoms with Crippen LogP contribution in [0.25, 0.3) is 0 Å². The molecule has 0 saturated carbocycles. The molecule has 1 aromatic heterocycles. The minimum atomic E-state index is -0.357. The van der Waals surface area contributed by atoms with E-state index in [0.29, 0.717) is 49.9 Å². The van der Waals surface area contributed by atoms with Crippen molar-refractivity contribution in [3.8, 4) is 0 Å². The summed E-state index contributed by atoms with van der Waals surface area (Å²) < 4.78 is 21.5. The topological polar surface area (TPSA) is 114 Å². The molecule has 0 unspecified atom stereocenters. The summed E-state index contributed by atoms with van der Waals surface area (Å²) in [7, 11) is 4.96. The highest BCUT2D eigenvalue weighted by atomic mass is 32.1. The molecule has 11 nitrogen and oxygen atoms in total. The third kappa shape index (κ3) is 7.49. The zero-order chi connectivity index (χ0) is 26.9. The van der Waals surface area contributed by atoms with Gasteiger partial charge in [-0.05, 0) is 24.1 Å². The van der Waals surface area contributed by atoms with Gasteiger partial charge < -0.3 is 34.5 Å². The summed E-state index contributed by atoms with van der Waals surface area (Å²) in [6.45, 7) is 5.72. The smallest absolute Gasteiger partial charge is 0.275 e. The number of aromatic nitrogens is 1. The Morgan fingerprint density at radius 1 is 1.16 bits per heavy atom. The highest BCUT2D eigenvalue weighted by Crippen LogP contribution is 2.27. The molecule has 4 rings (SSSR count). The number of anilines is 2. The monoisotopic (exact) mass is 547 g/mol. The second-order valence-corrected chi connectivity index (χ2v) is 10.2. The first-order valence-electron chi connectivity index (χ1n) is 12.8. The SMILES string of the molecule is COCCNC(=O)c1cc(CN2CCO[C@@H](COC)C2)ccc1NC(=O)c1csc(N2CC[C@H](OC)C2)n1. The van der Waals surface area contributed by atoms with Crippen molar-refractivity contribution in [2.75, 3.05) is 84.1 Å². The first kappa shape index (κ1) is 28.4. The highest BCUT2D eigenvalue weighted by molar-refractivity contribution is 7.14. The molecule has 2 aliphatic heterocycles. The van der Waals surface area contributed by atoms with Crippen molar-refractivity contribution in [2.24, 2.45) is 0 Å². The zero-order valence-corrected chi connectivity index (χ0v) is 23.1. The Balaban J connectivity index is 1.47. The van der Waals surface area contributed by atoms with Crippen molar-refractivity contribution in [2.45, 2.75) is 25.2 Å². The van der Waals surface area contributed by atoms with E-state index in [9.17, 15) is 9.59 Å². The molecule has 3 heterocycles. The van der Waals surface area contributed by atoms with Gasteiger partial charge in [0.25, 0.3) is 11.8 Å². The van der Waals surface area contributed by atoms with Crippen LogP contribution in [0.15, 0.2) is 23.6 Å². The van der Waals surface area contributed by atoms with Crippen LogP contribution in [0.3, 0.4) is 0 Å². The first-order chi connectivity index (χ1) is 18.5. The molecule has 1 aromatic carbocycles. The summed E-state index contributed by atoms with van der Waals surface area (Å²) in [5, 5.41) is 8.29. The van der Waals surface area contributed by atoms with E-state index in [1.165, 1.54) is 11.3 Å². The van der Waals surface area contributed by atoms with Gasteiger partial charge in [0.1, 0.15) is 5.69 Å². The number of methoxy groups -OCH3 is 3. The summed E-state index contributed by atoms with van der Waals surface area (Å²) in [5.74, 6) is -0.635. The van der Waals surface area contributed by atoms with Crippen LogP contribution in [0.1, 0.15) is 32.8 Å². The number of rotatable bonds is 12. The molecule has 2 aliphatic rings. The fourth-order valence-electron chi connectivity index (χ4n) is 4.61. The molecule has 0 bridgehead atoms. The minimum absolute atomic E-state index is 0.0214. The maximum absolute atomic E-state index is 13.1. The largest absolute Gasteiger partial charge is 0.383 e. The van der Waals surface area contributed by atoms with Crippen molar-refractivity contribution in [1.82, 2.24) is 15.2 Å². The number of nitrogens with one attached hydrogen (secondary N) is 2. The van der Waals surface area contributed by atoms with Crippen LogP contribution in [-0.2, 0) is 25.5 Å². The number of carbonyl (C=O) groups is 2. The van der Waals surface area contributed by atoms with Gasteiger partial charge in [0, 0.05) is 66.0 Å². The summed E-state index contributed by atoms with van der Waals surface area (Å²) >= 11 is 1.43. The number of thiazole rings is 1. The van der Waals surface area contributed by atoms with E-state index < -0.39 is 0 Å². The van der Waals surface area contributed by atoms with E-state index in [1.807, 2.05) is 12.1 Å². The Hall–Kier alpha value is -2.61. The van der Waals surface area contributed by atoms with Gasteiger partial charge in [-0.15, -0.1) is 11.3 Å². The molecule has 208 valence electrons. The number of hydrogen-bond donors (Lipinski definition) is 2. The normalized spacial score (nSPS) is 20.0. The van der Waals surface area contributed by atoms with E-state index in [4.69, 9.17) is 18.9 Å². The molecule has 0 spiro atoms. The molecule has 2 atom stereocenters. The van der Waals surface area contributed by atoms with E-state index in [1.54, 1.807) is 32.8 Å². The lowest BCUT2D eigenvalue weighted by atomic mass is 10.1. The van der Waals surface area contributed by atoms with Crippen molar-refractivity contribution >= 4 is 34.0 Å². The van der Waals surface area contributed by atoms with Crippen LogP contribution in [-0.4, -0.2) is 108 Å². The lowest BCUT2D eigenvalue weighted by Gasteiger charge is -2.32. The van der Waals surface area contributed by atoms with Crippen LogP contribution < -0.4 is 15.5 Å². The van der Waals surface area contributed by atoms with Crippen molar-refractivity contribution in [1.29, 1.82) is 0 Å². The van der Waals surface area contributed by atoms with Crippen LogP contribution in [0.2, 0.25) is 0 Å². The molecule has 0 radical (unpaired) electrons. The fourth-order valence-corrected chi connectivity index (χ4v) is 5.45. The standard InChI is InChI=1S/C26H37N5O6S/c1-34-10-7-27-24(32)21-12-18(13-30-9-11-37-20(14-30)16-35-2)4-5-22(21)28-25(33)23-17-38-26(29-23)31-8-6-19(15-31)36-3/h4-5,12,17,19-20H,6-11,13-16H2,1-3H3,(H,27,32)(H,28,33)/t19-,20+/m0/s1. The van der Waals surface area contributed by atoms with Crippen LogP contribution in [0, 0.1) is 0 Å². The average molecular weight is 548 g/mol.